The fourth-order valence-corrected chi connectivity index (χ4v) is 2.72. The Kier molecular flexibility index (Phi) is 9.35. The third kappa shape index (κ3) is 6.47. The van der Waals surface area contributed by atoms with Gasteiger partial charge in [-0.15, -0.1) is 0 Å². The number of amides is 3. The lowest BCUT2D eigenvalue weighted by molar-refractivity contribution is -0.129. The highest BCUT2D eigenvalue weighted by Gasteiger charge is 2.29. The molecule has 1 rings (SSSR count). The van der Waals surface area contributed by atoms with Crippen LogP contribution in [0.3, 0.4) is 0 Å². The first-order valence-electron chi connectivity index (χ1n) is 8.38. The van der Waals surface area contributed by atoms with Crippen molar-refractivity contribution >= 4 is 22.4 Å². The number of hydrogen-bond acceptors (Lipinski definition) is 6. The van der Waals surface area contributed by atoms with E-state index in [0.29, 0.717) is 17.7 Å². The molecule has 1 atom stereocenters. The van der Waals surface area contributed by atoms with Crippen LogP contribution in [0.25, 0.3) is 0 Å². The molecule has 1 aromatic rings. The highest BCUT2D eigenvalue weighted by Crippen LogP contribution is 2.23. The molecule has 1 N–H and O–H groups in total. The molecule has 0 aliphatic carbocycles. The lowest BCUT2D eigenvalue weighted by Gasteiger charge is -2.25. The van der Waals surface area contributed by atoms with Gasteiger partial charge in [-0.1, -0.05) is 31.9 Å². The lowest BCUT2D eigenvalue weighted by Crippen LogP contribution is -2.45. The first-order chi connectivity index (χ1) is 12.4. The molecule has 0 saturated carbocycles. The van der Waals surface area contributed by atoms with Crippen molar-refractivity contribution in [2.24, 2.45) is 4.36 Å². The summed E-state index contributed by atoms with van der Waals surface area (Å²) in [5.41, 5.74) is 0.564. The molecule has 1 unspecified atom stereocenters. The SMILES string of the molecule is CCCCCN(C(=O)NC)C(=O)C(CN=S(=O)=O)c1ccc(OC)cc1. The minimum absolute atomic E-state index is 0.261. The van der Waals surface area contributed by atoms with Gasteiger partial charge in [0.05, 0.1) is 19.6 Å². The molecule has 0 aliphatic heterocycles. The van der Waals surface area contributed by atoms with Gasteiger partial charge < -0.3 is 10.1 Å². The van der Waals surface area contributed by atoms with E-state index in [1.54, 1.807) is 24.3 Å². The summed E-state index contributed by atoms with van der Waals surface area (Å²) in [6.07, 6.45) is 2.50. The molecule has 9 heteroatoms. The van der Waals surface area contributed by atoms with Crippen molar-refractivity contribution in [2.75, 3.05) is 27.2 Å². The Bertz CT molecular complexity index is 723. The quantitative estimate of drug-likeness (QED) is 0.658. The minimum Gasteiger partial charge on any atom is -0.497 e. The van der Waals surface area contributed by atoms with Gasteiger partial charge >= 0.3 is 16.5 Å². The number of benzene rings is 1. The molecular weight excluding hydrogens is 358 g/mol. The smallest absolute Gasteiger partial charge is 0.323 e. The topological polar surface area (TPSA) is 105 Å². The van der Waals surface area contributed by atoms with Crippen LogP contribution in [-0.4, -0.2) is 52.5 Å². The number of hydrogen-bond donors (Lipinski definition) is 1. The van der Waals surface area contributed by atoms with Gasteiger partial charge in [0.1, 0.15) is 5.75 Å². The zero-order chi connectivity index (χ0) is 19.5. The first-order valence-corrected chi connectivity index (χ1v) is 9.41. The Labute approximate surface area is 155 Å². The largest absolute Gasteiger partial charge is 0.497 e. The van der Waals surface area contributed by atoms with Gasteiger partial charge in [0.15, 0.2) is 0 Å². The van der Waals surface area contributed by atoms with Crippen molar-refractivity contribution in [3.63, 3.8) is 0 Å². The molecule has 0 bridgehead atoms. The van der Waals surface area contributed by atoms with Crippen LogP contribution in [0.15, 0.2) is 28.6 Å². The van der Waals surface area contributed by atoms with Crippen molar-refractivity contribution < 1.29 is 22.7 Å². The van der Waals surface area contributed by atoms with Gasteiger partial charge in [0, 0.05) is 13.6 Å². The van der Waals surface area contributed by atoms with E-state index in [9.17, 15) is 18.0 Å². The summed E-state index contributed by atoms with van der Waals surface area (Å²) in [5, 5.41) is 2.46. The zero-order valence-corrected chi connectivity index (χ0v) is 16.1. The summed E-state index contributed by atoms with van der Waals surface area (Å²) in [6, 6.07) is 6.15. The predicted octanol–water partition coefficient (Wildman–Crippen LogP) is 2.20. The number of carbonyl (C=O) groups is 2. The maximum absolute atomic E-state index is 13.0. The van der Waals surface area contributed by atoms with E-state index < -0.39 is 28.4 Å². The molecule has 0 radical (unpaired) electrons. The molecule has 8 nitrogen and oxygen atoms in total. The summed E-state index contributed by atoms with van der Waals surface area (Å²) in [7, 11) is 0.333. The van der Waals surface area contributed by atoms with E-state index >= 15 is 0 Å². The van der Waals surface area contributed by atoms with Crippen LogP contribution in [0.5, 0.6) is 5.75 Å². The fourth-order valence-electron chi connectivity index (χ4n) is 2.45. The van der Waals surface area contributed by atoms with E-state index in [4.69, 9.17) is 4.74 Å². The molecule has 0 heterocycles. The van der Waals surface area contributed by atoms with E-state index in [1.807, 2.05) is 6.92 Å². The van der Waals surface area contributed by atoms with Crippen molar-refractivity contribution in [2.45, 2.75) is 32.1 Å². The molecule has 144 valence electrons. The number of nitrogens with one attached hydrogen (secondary N) is 1. The summed E-state index contributed by atoms with van der Waals surface area (Å²) in [6.45, 7) is 2.02. The molecular formula is C17H25N3O5S. The number of nitrogens with zero attached hydrogens (tertiary/aromatic N) is 2. The molecule has 0 aliphatic rings. The van der Waals surface area contributed by atoms with Gasteiger partial charge in [-0.05, 0) is 24.1 Å². The Morgan fingerprint density at radius 1 is 1.23 bits per heavy atom. The molecule has 1 aromatic carbocycles. The van der Waals surface area contributed by atoms with Crippen molar-refractivity contribution in [1.82, 2.24) is 10.2 Å². The van der Waals surface area contributed by atoms with Crippen LogP contribution < -0.4 is 10.1 Å². The van der Waals surface area contributed by atoms with E-state index in [2.05, 4.69) is 9.68 Å². The lowest BCUT2D eigenvalue weighted by atomic mass is 9.97. The second-order valence-electron chi connectivity index (χ2n) is 5.61. The molecule has 0 fully saturated rings. The van der Waals surface area contributed by atoms with Crippen molar-refractivity contribution in [3.8, 4) is 5.75 Å². The van der Waals surface area contributed by atoms with E-state index in [0.717, 1.165) is 17.7 Å². The zero-order valence-electron chi connectivity index (χ0n) is 15.3. The summed E-state index contributed by atoms with van der Waals surface area (Å²) in [5.74, 6) is -0.757. The molecule has 0 saturated heterocycles. The third-order valence-corrected chi connectivity index (χ3v) is 4.25. The number of unbranched alkanes of at least 4 members (excludes halogenated alkanes) is 2. The summed E-state index contributed by atoms with van der Waals surface area (Å²) in [4.78, 5) is 26.2. The number of imide groups is 1. The Morgan fingerprint density at radius 3 is 2.38 bits per heavy atom. The minimum atomic E-state index is -2.64. The fraction of sp³-hybridized carbons (Fsp3) is 0.529. The van der Waals surface area contributed by atoms with Crippen LogP contribution >= 0.6 is 0 Å². The molecule has 26 heavy (non-hydrogen) atoms. The van der Waals surface area contributed by atoms with E-state index in [1.165, 1.54) is 14.2 Å². The second-order valence-corrected chi connectivity index (χ2v) is 6.30. The molecule has 0 aromatic heterocycles. The van der Waals surface area contributed by atoms with Crippen LogP contribution in [0.2, 0.25) is 0 Å². The van der Waals surface area contributed by atoms with E-state index in [-0.39, 0.29) is 13.1 Å². The molecule has 0 spiro atoms. The standard InChI is InChI=1S/C17H25N3O5S/c1-4-5-6-11-20(17(22)18-2)16(21)15(12-19-26(23)24)13-7-9-14(25-3)10-8-13/h7-10,15H,4-6,11-12H2,1-3H3,(H,18,22). The number of methoxy groups -OCH3 is 1. The van der Waals surface area contributed by atoms with Crippen LogP contribution in [0, 0.1) is 0 Å². The van der Waals surface area contributed by atoms with Crippen LogP contribution in [-0.2, 0) is 15.3 Å². The first kappa shape index (κ1) is 21.6. The summed E-state index contributed by atoms with van der Waals surface area (Å²) < 4.78 is 30.2. The number of rotatable bonds is 9. The average Bonchev–Trinajstić information content (AvgIpc) is 2.65. The van der Waals surface area contributed by atoms with Crippen molar-refractivity contribution in [3.05, 3.63) is 29.8 Å². The average molecular weight is 383 g/mol. The Hall–Kier alpha value is -2.42. The van der Waals surface area contributed by atoms with Crippen LogP contribution in [0.4, 0.5) is 4.79 Å². The van der Waals surface area contributed by atoms with Gasteiger partial charge in [-0.2, -0.15) is 12.8 Å². The second kappa shape index (κ2) is 11.2. The van der Waals surface area contributed by atoms with Gasteiger partial charge in [0.2, 0.25) is 5.91 Å². The Morgan fingerprint density at radius 2 is 1.88 bits per heavy atom. The third-order valence-electron chi connectivity index (χ3n) is 3.89. The van der Waals surface area contributed by atoms with Gasteiger partial charge in [-0.3, -0.25) is 9.69 Å². The number of ether oxygens (including phenoxy) is 1. The maximum Gasteiger partial charge on any atom is 0.323 e. The predicted molar refractivity (Wildman–Crippen MR) is 97.6 cm³/mol. The van der Waals surface area contributed by atoms with Gasteiger partial charge in [0.25, 0.3) is 0 Å². The normalized spacial score (nSPS) is 11.3. The van der Waals surface area contributed by atoms with Gasteiger partial charge in [-0.25, -0.2) is 4.79 Å². The maximum atomic E-state index is 13.0. The number of carbonyl (C=O) groups excluding carboxylic acids is 2. The molecule has 3 amide bonds. The highest BCUT2D eigenvalue weighted by molar-refractivity contribution is 7.61. The number of urea groups is 1. The van der Waals surface area contributed by atoms with Crippen molar-refractivity contribution in [1.29, 1.82) is 0 Å². The summed E-state index contributed by atoms with van der Waals surface area (Å²) >= 11 is 0. The highest BCUT2D eigenvalue weighted by atomic mass is 32.2. The monoisotopic (exact) mass is 383 g/mol. The van der Waals surface area contributed by atoms with Crippen LogP contribution in [0.1, 0.15) is 37.7 Å². The Balaban J connectivity index is 3.16.